The van der Waals surface area contributed by atoms with Gasteiger partial charge >= 0.3 is 0 Å². The summed E-state index contributed by atoms with van der Waals surface area (Å²) < 4.78 is 5.16. The number of thioether (sulfide) groups is 1. The first-order valence-corrected chi connectivity index (χ1v) is 4.96. The molecule has 0 N–H and O–H groups in total. The van der Waals surface area contributed by atoms with Crippen molar-refractivity contribution in [3.63, 3.8) is 0 Å². The molecular formula is C8H11NO2S. The lowest BCUT2D eigenvalue weighted by Crippen LogP contribution is -2.46. The van der Waals surface area contributed by atoms with Gasteiger partial charge in [0.1, 0.15) is 0 Å². The maximum atomic E-state index is 11.0. The van der Waals surface area contributed by atoms with Crippen molar-refractivity contribution in [1.82, 2.24) is 4.90 Å². The Morgan fingerprint density at radius 2 is 2.67 bits per heavy atom. The summed E-state index contributed by atoms with van der Waals surface area (Å²) in [6, 6.07) is 0. The molecule has 2 fully saturated rings. The van der Waals surface area contributed by atoms with Crippen LogP contribution < -0.4 is 0 Å². The first-order valence-electron chi connectivity index (χ1n) is 4.08. The van der Waals surface area contributed by atoms with E-state index in [1.165, 1.54) is 4.91 Å². The van der Waals surface area contributed by atoms with E-state index in [1.807, 2.05) is 11.8 Å². The Hall–Kier alpha value is -0.640. The van der Waals surface area contributed by atoms with E-state index in [1.54, 1.807) is 18.0 Å². The van der Waals surface area contributed by atoms with Crippen molar-refractivity contribution in [3.05, 3.63) is 11.2 Å². The third-order valence-electron chi connectivity index (χ3n) is 2.01. The molecule has 0 radical (unpaired) electrons. The fraction of sp³-hybridized carbons (Fsp3) is 0.625. The molecule has 12 heavy (non-hydrogen) atoms. The van der Waals surface area contributed by atoms with Crippen LogP contribution in [0.15, 0.2) is 11.2 Å². The van der Waals surface area contributed by atoms with Crippen LogP contribution in [-0.2, 0) is 9.53 Å². The van der Waals surface area contributed by atoms with Crippen molar-refractivity contribution < 1.29 is 9.53 Å². The van der Waals surface area contributed by atoms with Gasteiger partial charge in [0.25, 0.3) is 0 Å². The van der Waals surface area contributed by atoms with Gasteiger partial charge in [-0.1, -0.05) is 11.8 Å². The predicted molar refractivity (Wildman–Crippen MR) is 47.4 cm³/mol. The van der Waals surface area contributed by atoms with E-state index in [9.17, 15) is 4.79 Å². The maximum Gasteiger partial charge on any atom is 0.226 e. The summed E-state index contributed by atoms with van der Waals surface area (Å²) >= 11 is 1.75. The molecule has 2 aliphatic heterocycles. The molecule has 4 heteroatoms. The van der Waals surface area contributed by atoms with Gasteiger partial charge < -0.3 is 9.64 Å². The lowest BCUT2D eigenvalue weighted by atomic mass is 10.2. The second-order valence-corrected chi connectivity index (χ2v) is 4.14. The molecule has 2 heterocycles. The molecule has 0 bridgehead atoms. The summed E-state index contributed by atoms with van der Waals surface area (Å²) in [6.07, 6.45) is 2.48. The van der Waals surface area contributed by atoms with Crippen LogP contribution >= 0.6 is 11.8 Å². The molecule has 2 aliphatic rings. The molecular weight excluding hydrogens is 174 g/mol. The molecule has 2 saturated heterocycles. The molecule has 0 aromatic rings. The summed E-state index contributed by atoms with van der Waals surface area (Å²) in [5.74, 6) is 0.271. The maximum absolute atomic E-state index is 11.0. The highest BCUT2D eigenvalue weighted by Gasteiger charge is 2.42. The number of nitrogens with zero attached hydrogens (tertiary/aromatic N) is 1. The van der Waals surface area contributed by atoms with Crippen LogP contribution in [-0.4, -0.2) is 29.3 Å². The highest BCUT2D eigenvalue weighted by atomic mass is 32.2. The Morgan fingerprint density at radius 3 is 3.25 bits per heavy atom. The van der Waals surface area contributed by atoms with Gasteiger partial charge in [-0.3, -0.25) is 4.79 Å². The van der Waals surface area contributed by atoms with Crippen LogP contribution in [0.5, 0.6) is 0 Å². The normalized spacial score (nSPS) is 30.4. The minimum atomic E-state index is 0.271. The molecule has 1 amide bonds. The zero-order valence-corrected chi connectivity index (χ0v) is 7.76. The first kappa shape index (κ1) is 7.98. The highest BCUT2D eigenvalue weighted by Crippen LogP contribution is 2.41. The van der Waals surface area contributed by atoms with Gasteiger partial charge in [0.2, 0.25) is 5.91 Å². The second-order valence-electron chi connectivity index (χ2n) is 2.84. The molecule has 0 spiro atoms. The molecule has 0 aliphatic carbocycles. The fourth-order valence-electron chi connectivity index (χ4n) is 1.34. The predicted octanol–water partition coefficient (Wildman–Crippen LogP) is 1.17. The molecule has 0 aromatic heterocycles. The monoisotopic (exact) mass is 185 g/mol. The number of carbonyl (C=O) groups is 1. The van der Waals surface area contributed by atoms with E-state index in [0.29, 0.717) is 18.4 Å². The number of rotatable bonds is 2. The van der Waals surface area contributed by atoms with Gasteiger partial charge in [-0.15, -0.1) is 0 Å². The highest BCUT2D eigenvalue weighted by molar-refractivity contribution is 8.04. The minimum absolute atomic E-state index is 0.271. The first-order chi connectivity index (χ1) is 5.81. The third kappa shape index (κ3) is 1.20. The minimum Gasteiger partial charge on any atom is -0.501 e. The van der Waals surface area contributed by atoms with Gasteiger partial charge in [0.05, 0.1) is 31.2 Å². The largest absolute Gasteiger partial charge is 0.501 e. The van der Waals surface area contributed by atoms with Crippen LogP contribution in [0.4, 0.5) is 0 Å². The molecule has 1 atom stereocenters. The van der Waals surface area contributed by atoms with E-state index in [2.05, 4.69) is 0 Å². The number of hydrogen-bond donors (Lipinski definition) is 0. The Labute approximate surface area is 75.8 Å². The van der Waals surface area contributed by atoms with Crippen LogP contribution in [0.2, 0.25) is 0 Å². The van der Waals surface area contributed by atoms with E-state index < -0.39 is 0 Å². The summed E-state index contributed by atoms with van der Waals surface area (Å²) in [7, 11) is 0. The average molecular weight is 185 g/mol. The fourth-order valence-corrected chi connectivity index (χ4v) is 2.57. The lowest BCUT2D eigenvalue weighted by molar-refractivity contribution is -0.140. The van der Waals surface area contributed by atoms with Gasteiger partial charge in [0.15, 0.2) is 0 Å². The molecule has 0 aromatic carbocycles. The molecule has 0 saturated carbocycles. The van der Waals surface area contributed by atoms with Gasteiger partial charge in [-0.25, -0.2) is 0 Å². The van der Waals surface area contributed by atoms with Gasteiger partial charge in [0, 0.05) is 4.91 Å². The van der Waals surface area contributed by atoms with E-state index >= 15 is 0 Å². The van der Waals surface area contributed by atoms with Crippen molar-refractivity contribution in [2.75, 3.05) is 13.2 Å². The van der Waals surface area contributed by atoms with Crippen LogP contribution in [0.3, 0.4) is 0 Å². The Morgan fingerprint density at radius 1 is 1.83 bits per heavy atom. The van der Waals surface area contributed by atoms with Gasteiger partial charge in [-0.05, 0) is 6.92 Å². The molecule has 3 nitrogen and oxygen atoms in total. The number of hydrogen-bond acceptors (Lipinski definition) is 3. The van der Waals surface area contributed by atoms with Crippen molar-refractivity contribution in [1.29, 1.82) is 0 Å². The lowest BCUT2D eigenvalue weighted by Gasteiger charge is -2.32. The smallest absolute Gasteiger partial charge is 0.226 e. The zero-order chi connectivity index (χ0) is 8.55. The number of fused-ring (bicyclic) bond motifs is 1. The van der Waals surface area contributed by atoms with Crippen LogP contribution in [0, 0.1) is 0 Å². The quantitative estimate of drug-likeness (QED) is 0.478. The van der Waals surface area contributed by atoms with Crippen LogP contribution in [0.25, 0.3) is 0 Å². The van der Waals surface area contributed by atoms with E-state index in [-0.39, 0.29) is 5.91 Å². The third-order valence-corrected chi connectivity index (χ3v) is 3.23. The standard InChI is InChI=1S/C8H11NO2S/c1-2-11-5-6-4-9-7(10)3-8(9)12-6/h5,8H,2-4H2,1H3. The van der Waals surface area contributed by atoms with Crippen molar-refractivity contribution in [2.24, 2.45) is 0 Å². The Bertz CT molecular complexity index is 239. The second kappa shape index (κ2) is 3.01. The number of carbonyl (C=O) groups excluding carboxylic acids is 1. The van der Waals surface area contributed by atoms with E-state index in [0.717, 1.165) is 6.54 Å². The molecule has 2 rings (SSSR count). The number of amides is 1. The summed E-state index contributed by atoms with van der Waals surface area (Å²) in [4.78, 5) is 14.0. The number of β-lactam (4-membered cyclic amide) rings is 1. The average Bonchev–Trinajstić information content (AvgIpc) is 2.39. The Balaban J connectivity index is 1.94. The van der Waals surface area contributed by atoms with Crippen molar-refractivity contribution in [2.45, 2.75) is 18.7 Å². The number of ether oxygens (including phenoxy) is 1. The molecule has 66 valence electrons. The topological polar surface area (TPSA) is 29.5 Å². The summed E-state index contributed by atoms with van der Waals surface area (Å²) in [5.41, 5.74) is 0. The molecule has 1 unspecified atom stereocenters. The van der Waals surface area contributed by atoms with Crippen molar-refractivity contribution in [3.8, 4) is 0 Å². The summed E-state index contributed by atoms with van der Waals surface area (Å²) in [5, 5.41) is 0.407. The zero-order valence-electron chi connectivity index (χ0n) is 6.95. The van der Waals surface area contributed by atoms with Crippen LogP contribution in [0.1, 0.15) is 13.3 Å². The SMILES string of the molecule is CCOC=C1CN2C(=O)CC2S1. The van der Waals surface area contributed by atoms with E-state index in [4.69, 9.17) is 4.74 Å². The Kier molecular flexibility index (Phi) is 2.00. The summed E-state index contributed by atoms with van der Waals surface area (Å²) in [6.45, 7) is 3.41. The van der Waals surface area contributed by atoms with Gasteiger partial charge in [-0.2, -0.15) is 0 Å². The van der Waals surface area contributed by atoms with Crippen molar-refractivity contribution >= 4 is 17.7 Å².